The lowest BCUT2D eigenvalue weighted by Crippen LogP contribution is -2.52. The van der Waals surface area contributed by atoms with Gasteiger partial charge < -0.3 is 19.5 Å². The summed E-state index contributed by atoms with van der Waals surface area (Å²) in [6.07, 6.45) is -3.78. The van der Waals surface area contributed by atoms with Crippen LogP contribution in [-0.4, -0.2) is 56.9 Å². The second kappa shape index (κ2) is 14.1. The molecule has 0 spiro atoms. The number of hydrogen-bond donors (Lipinski definition) is 1. The van der Waals surface area contributed by atoms with Gasteiger partial charge in [-0.15, -0.1) is 0 Å². The van der Waals surface area contributed by atoms with Crippen LogP contribution in [0.3, 0.4) is 0 Å². The number of carbonyl (C=O) groups excluding carboxylic acids is 4. The number of hydrogen-bond acceptors (Lipinski definition) is 10. The third-order valence-electron chi connectivity index (χ3n) is 4.84. The van der Waals surface area contributed by atoms with Crippen LogP contribution in [0, 0.1) is 6.92 Å². The molecular weight excluding hydrogens is 506 g/mol. The molecule has 0 bridgehead atoms. The van der Waals surface area contributed by atoms with Gasteiger partial charge in [0.15, 0.2) is 6.04 Å². The number of ether oxygens (including phenoxy) is 3. The molecule has 0 aliphatic carbocycles. The van der Waals surface area contributed by atoms with Crippen molar-refractivity contribution in [2.24, 2.45) is 0 Å². The first-order valence-electron chi connectivity index (χ1n) is 11.4. The average molecular weight is 536 g/mol. The van der Waals surface area contributed by atoms with Crippen LogP contribution in [0.4, 0.5) is 4.79 Å². The highest BCUT2D eigenvalue weighted by Gasteiger charge is 2.40. The molecule has 11 nitrogen and oxygen atoms in total. The number of rotatable bonds is 12. The van der Waals surface area contributed by atoms with Crippen molar-refractivity contribution in [3.8, 4) is 0 Å². The highest BCUT2D eigenvalue weighted by atomic mass is 32.2. The fourth-order valence-corrected chi connectivity index (χ4v) is 4.08. The van der Waals surface area contributed by atoms with Gasteiger partial charge in [-0.05, 0) is 38.5 Å². The summed E-state index contributed by atoms with van der Waals surface area (Å²) in [4.78, 5) is 50.1. The van der Waals surface area contributed by atoms with Crippen molar-refractivity contribution in [2.45, 2.75) is 45.9 Å². The number of carbonyl (C=O) groups is 4. The zero-order chi connectivity index (χ0) is 27.4. The molecule has 0 fully saturated rings. The molecular formula is C25H29NO10S. The predicted molar refractivity (Wildman–Crippen MR) is 131 cm³/mol. The van der Waals surface area contributed by atoms with E-state index >= 15 is 0 Å². The molecule has 0 radical (unpaired) electrons. The Bertz CT molecular complexity index is 1180. The summed E-state index contributed by atoms with van der Waals surface area (Å²) < 4.78 is 45.6. The first kappa shape index (κ1) is 29.5. The first-order chi connectivity index (χ1) is 17.6. The largest absolute Gasteiger partial charge is 0.466 e. The Hall–Kier alpha value is -3.77. The Kier molecular flexibility index (Phi) is 11.2. The van der Waals surface area contributed by atoms with Gasteiger partial charge >= 0.3 is 33.3 Å². The number of benzene rings is 2. The quantitative estimate of drug-likeness (QED) is 0.244. The summed E-state index contributed by atoms with van der Waals surface area (Å²) in [5.41, 5.74) is 1.25. The van der Waals surface area contributed by atoms with Gasteiger partial charge in [0.1, 0.15) is 12.7 Å². The van der Waals surface area contributed by atoms with E-state index in [1.165, 1.54) is 38.1 Å². The lowest BCUT2D eigenvalue weighted by atomic mass is 10.1. The molecule has 0 heterocycles. The lowest BCUT2D eigenvalue weighted by Gasteiger charge is -2.25. The van der Waals surface area contributed by atoms with Gasteiger partial charge in [-0.2, -0.15) is 8.42 Å². The molecule has 2 aromatic rings. The summed E-state index contributed by atoms with van der Waals surface area (Å²) >= 11 is 0. The lowest BCUT2D eigenvalue weighted by molar-refractivity contribution is -0.150. The van der Waals surface area contributed by atoms with Crippen LogP contribution in [0.1, 0.15) is 41.8 Å². The third-order valence-corrected chi connectivity index (χ3v) is 6.03. The van der Waals surface area contributed by atoms with Crippen molar-refractivity contribution in [2.75, 3.05) is 13.2 Å². The van der Waals surface area contributed by atoms with E-state index in [-0.39, 0.29) is 25.4 Å². The van der Waals surface area contributed by atoms with Gasteiger partial charge in [-0.25, -0.2) is 9.59 Å². The van der Waals surface area contributed by atoms with Gasteiger partial charge in [0, 0.05) is 5.56 Å². The van der Waals surface area contributed by atoms with E-state index < -0.39 is 51.8 Å². The van der Waals surface area contributed by atoms with E-state index in [1.807, 2.05) is 0 Å². The van der Waals surface area contributed by atoms with E-state index in [0.717, 1.165) is 5.56 Å². The first-order valence-corrected chi connectivity index (χ1v) is 12.8. The molecule has 2 unspecified atom stereocenters. The summed E-state index contributed by atoms with van der Waals surface area (Å²) in [7, 11) is -5.02. The molecule has 2 atom stereocenters. The van der Waals surface area contributed by atoms with E-state index in [2.05, 4.69) is 5.32 Å². The van der Waals surface area contributed by atoms with Crippen molar-refractivity contribution in [3.05, 3.63) is 71.3 Å². The molecule has 2 aromatic carbocycles. The summed E-state index contributed by atoms with van der Waals surface area (Å²) in [5.74, 6) is -2.04. The van der Waals surface area contributed by atoms with E-state index in [1.54, 1.807) is 37.3 Å². The van der Waals surface area contributed by atoms with Crippen LogP contribution in [0.5, 0.6) is 0 Å². The molecule has 200 valence electrons. The van der Waals surface area contributed by atoms with Crippen LogP contribution in [0.2, 0.25) is 0 Å². The van der Waals surface area contributed by atoms with Crippen LogP contribution < -0.4 is 5.32 Å². The van der Waals surface area contributed by atoms with Gasteiger partial charge in [0.2, 0.25) is 0 Å². The molecule has 0 aliphatic heterocycles. The van der Waals surface area contributed by atoms with Crippen molar-refractivity contribution in [1.29, 1.82) is 0 Å². The SMILES string of the molecule is CCOC(=O)CC(OS(=O)(=O)C(=O)c1ccc(C)cc1)C(NC(=O)OCc1ccccc1)C(=O)OCC. The van der Waals surface area contributed by atoms with Gasteiger partial charge in [-0.1, -0.05) is 48.0 Å². The van der Waals surface area contributed by atoms with Crippen LogP contribution in [-0.2, 0) is 44.7 Å². The fourth-order valence-electron chi connectivity index (χ4n) is 3.06. The Labute approximate surface area is 215 Å². The molecule has 0 saturated carbocycles. The molecule has 0 saturated heterocycles. The average Bonchev–Trinajstić information content (AvgIpc) is 2.86. The smallest absolute Gasteiger partial charge is 0.408 e. The highest BCUT2D eigenvalue weighted by Crippen LogP contribution is 2.17. The van der Waals surface area contributed by atoms with Crippen LogP contribution in [0.15, 0.2) is 54.6 Å². The van der Waals surface area contributed by atoms with E-state index in [0.29, 0.717) is 5.56 Å². The normalized spacial score (nSPS) is 12.6. The zero-order valence-corrected chi connectivity index (χ0v) is 21.5. The van der Waals surface area contributed by atoms with Crippen molar-refractivity contribution >= 4 is 33.3 Å². The second-order valence-electron chi connectivity index (χ2n) is 7.69. The summed E-state index contributed by atoms with van der Waals surface area (Å²) in [6.45, 7) is 4.43. The fraction of sp³-hybridized carbons (Fsp3) is 0.360. The third kappa shape index (κ3) is 9.32. The molecule has 12 heteroatoms. The molecule has 2 rings (SSSR count). The minimum atomic E-state index is -5.02. The Morgan fingerprint density at radius 3 is 2.08 bits per heavy atom. The molecule has 1 amide bonds. The van der Waals surface area contributed by atoms with Gasteiger partial charge in [0.25, 0.3) is 0 Å². The maximum atomic E-state index is 12.8. The maximum absolute atomic E-state index is 12.8. The number of alkyl carbamates (subject to hydrolysis) is 1. The second-order valence-corrected chi connectivity index (χ2v) is 9.16. The van der Waals surface area contributed by atoms with Crippen molar-refractivity contribution in [3.63, 3.8) is 0 Å². The van der Waals surface area contributed by atoms with E-state index in [9.17, 15) is 27.6 Å². The van der Waals surface area contributed by atoms with Crippen molar-refractivity contribution in [1.82, 2.24) is 5.32 Å². The monoisotopic (exact) mass is 535 g/mol. The minimum Gasteiger partial charge on any atom is -0.466 e. The van der Waals surface area contributed by atoms with Crippen LogP contribution >= 0.6 is 0 Å². The van der Waals surface area contributed by atoms with Gasteiger partial charge in [-0.3, -0.25) is 13.8 Å². The number of nitrogens with one attached hydrogen (secondary N) is 1. The van der Waals surface area contributed by atoms with Crippen molar-refractivity contribution < 1.29 is 46.0 Å². The maximum Gasteiger partial charge on any atom is 0.408 e. The van der Waals surface area contributed by atoms with E-state index in [4.69, 9.17) is 18.4 Å². The number of aryl methyl sites for hydroxylation is 1. The molecule has 0 aromatic heterocycles. The highest BCUT2D eigenvalue weighted by molar-refractivity contribution is 8.02. The topological polar surface area (TPSA) is 151 Å². The minimum absolute atomic E-state index is 0.0444. The standard InChI is InChI=1S/C25H29NO10S/c1-4-33-21(27)15-20(36-37(31,32)24(29)19-13-11-17(3)12-14-19)22(23(28)34-5-2)26-25(30)35-16-18-9-7-6-8-10-18/h6-14,20,22H,4-5,15-16H2,1-3H3,(H,26,30). The zero-order valence-electron chi connectivity index (χ0n) is 20.7. The molecule has 37 heavy (non-hydrogen) atoms. The summed E-state index contributed by atoms with van der Waals surface area (Å²) in [6, 6.07) is 12.5. The Morgan fingerprint density at radius 2 is 1.49 bits per heavy atom. The molecule has 1 N–H and O–H groups in total. The van der Waals surface area contributed by atoms with Crippen LogP contribution in [0.25, 0.3) is 0 Å². The Morgan fingerprint density at radius 1 is 0.865 bits per heavy atom. The Balaban J connectivity index is 2.31. The summed E-state index contributed by atoms with van der Waals surface area (Å²) in [5, 5.41) is 0.791. The number of esters is 2. The number of amides is 1. The van der Waals surface area contributed by atoms with Gasteiger partial charge in [0.05, 0.1) is 19.6 Å². The molecule has 0 aliphatic rings. The predicted octanol–water partition coefficient (Wildman–Crippen LogP) is 2.66.